The van der Waals surface area contributed by atoms with Crippen molar-refractivity contribution in [3.63, 3.8) is 0 Å². The number of nitrogens with zero attached hydrogens (tertiary/aromatic N) is 1. The minimum Gasteiger partial charge on any atom is -0.495 e. The summed E-state index contributed by atoms with van der Waals surface area (Å²) in [6.07, 6.45) is 5.65. The van der Waals surface area contributed by atoms with E-state index in [1.54, 1.807) is 12.1 Å². The molecule has 0 aromatic heterocycles. The van der Waals surface area contributed by atoms with E-state index >= 15 is 0 Å². The van der Waals surface area contributed by atoms with E-state index in [-0.39, 0.29) is 22.6 Å². The van der Waals surface area contributed by atoms with Gasteiger partial charge in [0, 0.05) is 24.7 Å². The summed E-state index contributed by atoms with van der Waals surface area (Å²) in [4.78, 5) is 12.5. The van der Waals surface area contributed by atoms with Crippen molar-refractivity contribution in [2.75, 3.05) is 20.2 Å². The van der Waals surface area contributed by atoms with Crippen LogP contribution in [0.4, 0.5) is 0 Å². The van der Waals surface area contributed by atoms with E-state index in [1.807, 2.05) is 6.92 Å². The second-order valence-electron chi connectivity index (χ2n) is 6.85. The largest absolute Gasteiger partial charge is 0.495 e. The predicted molar refractivity (Wildman–Crippen MR) is 102 cm³/mol. The zero-order chi connectivity index (χ0) is 19.2. The lowest BCUT2D eigenvalue weighted by Crippen LogP contribution is -2.34. The Hall–Kier alpha value is -1.60. The third-order valence-corrected chi connectivity index (χ3v) is 6.63. The van der Waals surface area contributed by atoms with Crippen LogP contribution < -0.4 is 10.1 Å². The molecule has 26 heavy (non-hydrogen) atoms. The molecule has 7 heteroatoms. The molecule has 1 amide bonds. The highest BCUT2D eigenvalue weighted by molar-refractivity contribution is 7.89. The maximum absolute atomic E-state index is 13.1. The molecule has 2 rings (SSSR count). The van der Waals surface area contributed by atoms with E-state index in [2.05, 4.69) is 12.2 Å². The summed E-state index contributed by atoms with van der Waals surface area (Å²) in [5.41, 5.74) is 0.335. The van der Waals surface area contributed by atoms with E-state index < -0.39 is 10.0 Å². The third kappa shape index (κ3) is 4.98. The Morgan fingerprint density at radius 2 is 1.88 bits per heavy atom. The molecule has 0 spiro atoms. The number of ether oxygens (including phenoxy) is 1. The summed E-state index contributed by atoms with van der Waals surface area (Å²) >= 11 is 0. The van der Waals surface area contributed by atoms with Gasteiger partial charge in [-0.05, 0) is 44.4 Å². The smallest absolute Gasteiger partial charge is 0.251 e. The Morgan fingerprint density at radius 3 is 2.46 bits per heavy atom. The Bertz CT molecular complexity index is 710. The first-order valence-electron chi connectivity index (χ1n) is 9.39. The van der Waals surface area contributed by atoms with Crippen molar-refractivity contribution in [3.05, 3.63) is 23.8 Å². The van der Waals surface area contributed by atoms with Gasteiger partial charge in [-0.1, -0.05) is 26.2 Å². The summed E-state index contributed by atoms with van der Waals surface area (Å²) in [5, 5.41) is 2.91. The predicted octanol–water partition coefficient (Wildman–Crippen LogP) is 3.18. The number of benzene rings is 1. The van der Waals surface area contributed by atoms with Gasteiger partial charge < -0.3 is 10.1 Å². The van der Waals surface area contributed by atoms with Crippen LogP contribution in [0, 0.1) is 0 Å². The second kappa shape index (κ2) is 9.37. The first kappa shape index (κ1) is 20.7. The molecule has 0 aliphatic carbocycles. The summed E-state index contributed by atoms with van der Waals surface area (Å²) in [6.45, 7) is 5.02. The average molecular weight is 383 g/mol. The van der Waals surface area contributed by atoms with Gasteiger partial charge in [0.25, 0.3) is 5.91 Å². The lowest BCUT2D eigenvalue weighted by Gasteiger charge is -2.22. The lowest BCUT2D eigenvalue weighted by atomic mass is 10.1. The Morgan fingerprint density at radius 1 is 1.23 bits per heavy atom. The molecule has 146 valence electrons. The van der Waals surface area contributed by atoms with Gasteiger partial charge in [-0.2, -0.15) is 4.31 Å². The molecule has 1 aromatic carbocycles. The fourth-order valence-corrected chi connectivity index (χ4v) is 4.95. The molecule has 0 bridgehead atoms. The van der Waals surface area contributed by atoms with Gasteiger partial charge in [0.2, 0.25) is 10.0 Å². The molecule has 1 saturated heterocycles. The zero-order valence-corrected chi connectivity index (χ0v) is 16.8. The molecule has 1 unspecified atom stereocenters. The fourth-order valence-electron chi connectivity index (χ4n) is 3.25. The van der Waals surface area contributed by atoms with Crippen molar-refractivity contribution in [2.24, 2.45) is 0 Å². The molecular weight excluding hydrogens is 352 g/mol. The van der Waals surface area contributed by atoms with Crippen molar-refractivity contribution in [3.8, 4) is 5.75 Å². The number of hydrogen-bond donors (Lipinski definition) is 1. The monoisotopic (exact) mass is 382 g/mol. The van der Waals surface area contributed by atoms with Gasteiger partial charge in [-0.15, -0.1) is 0 Å². The second-order valence-corrected chi connectivity index (χ2v) is 8.75. The van der Waals surface area contributed by atoms with E-state index in [0.29, 0.717) is 18.7 Å². The van der Waals surface area contributed by atoms with Crippen LogP contribution in [0.1, 0.15) is 62.7 Å². The van der Waals surface area contributed by atoms with Crippen molar-refractivity contribution >= 4 is 15.9 Å². The van der Waals surface area contributed by atoms with Crippen LogP contribution in [0.15, 0.2) is 23.1 Å². The van der Waals surface area contributed by atoms with E-state index in [4.69, 9.17) is 4.74 Å². The molecule has 6 nitrogen and oxygen atoms in total. The Labute approximate surface area is 157 Å². The van der Waals surface area contributed by atoms with Crippen LogP contribution in [-0.2, 0) is 10.0 Å². The lowest BCUT2D eigenvalue weighted by molar-refractivity contribution is 0.0938. The van der Waals surface area contributed by atoms with Crippen LogP contribution in [0.2, 0.25) is 0 Å². The highest BCUT2D eigenvalue weighted by Gasteiger charge is 2.29. The first-order valence-corrected chi connectivity index (χ1v) is 10.8. The fraction of sp³-hybridized carbons (Fsp3) is 0.632. The van der Waals surface area contributed by atoms with Crippen LogP contribution in [0.3, 0.4) is 0 Å². The van der Waals surface area contributed by atoms with Gasteiger partial charge in [-0.25, -0.2) is 8.42 Å². The van der Waals surface area contributed by atoms with Crippen molar-refractivity contribution in [1.29, 1.82) is 0 Å². The molecule has 0 radical (unpaired) electrons. The highest BCUT2D eigenvalue weighted by atomic mass is 32.2. The minimum atomic E-state index is -3.69. The molecule has 1 aromatic rings. The minimum absolute atomic E-state index is 0.0419. The summed E-state index contributed by atoms with van der Waals surface area (Å²) in [5.74, 6) is 0.00771. The molecule has 1 fully saturated rings. The van der Waals surface area contributed by atoms with Crippen molar-refractivity contribution in [1.82, 2.24) is 9.62 Å². The number of methoxy groups -OCH3 is 1. The number of rotatable bonds is 7. The molecule has 0 saturated carbocycles. The Balaban J connectivity index is 2.32. The van der Waals surface area contributed by atoms with Crippen LogP contribution in [-0.4, -0.2) is 44.9 Å². The average Bonchev–Trinajstić information content (AvgIpc) is 2.91. The summed E-state index contributed by atoms with van der Waals surface area (Å²) < 4.78 is 33.1. The van der Waals surface area contributed by atoms with Gasteiger partial charge >= 0.3 is 0 Å². The number of sulfonamides is 1. The van der Waals surface area contributed by atoms with Gasteiger partial charge in [0.1, 0.15) is 10.6 Å². The van der Waals surface area contributed by atoms with Crippen molar-refractivity contribution < 1.29 is 17.9 Å². The third-order valence-electron chi connectivity index (χ3n) is 4.71. The molecule has 1 atom stereocenters. The van der Waals surface area contributed by atoms with Gasteiger partial charge in [0.05, 0.1) is 7.11 Å². The maximum Gasteiger partial charge on any atom is 0.251 e. The summed E-state index contributed by atoms with van der Waals surface area (Å²) in [7, 11) is -2.25. The number of nitrogens with one attached hydrogen (secondary N) is 1. The van der Waals surface area contributed by atoms with Crippen LogP contribution >= 0.6 is 0 Å². The quantitative estimate of drug-likeness (QED) is 0.786. The standard InChI is InChI=1S/C19H30N2O4S/c1-4-9-15(2)20-19(22)16-10-11-17(25-3)18(14-16)26(23,24)21-12-7-5-6-8-13-21/h10-11,14-15H,4-9,12-13H2,1-3H3,(H,20,22). The number of carbonyl (C=O) groups excluding carboxylic acids is 1. The topological polar surface area (TPSA) is 75.7 Å². The van der Waals surface area contributed by atoms with Crippen molar-refractivity contribution in [2.45, 2.75) is 63.3 Å². The van der Waals surface area contributed by atoms with Crippen LogP contribution in [0.25, 0.3) is 0 Å². The highest BCUT2D eigenvalue weighted by Crippen LogP contribution is 2.29. The molecule has 1 heterocycles. The van der Waals surface area contributed by atoms with Gasteiger partial charge in [-0.3, -0.25) is 4.79 Å². The van der Waals surface area contributed by atoms with E-state index in [9.17, 15) is 13.2 Å². The number of amides is 1. The normalized spacial score (nSPS) is 17.3. The molecule has 1 N–H and O–H groups in total. The molecule has 1 aliphatic rings. The first-order chi connectivity index (χ1) is 12.4. The maximum atomic E-state index is 13.1. The van der Waals surface area contributed by atoms with E-state index in [0.717, 1.165) is 38.5 Å². The number of hydrogen-bond acceptors (Lipinski definition) is 4. The van der Waals surface area contributed by atoms with Crippen LogP contribution in [0.5, 0.6) is 5.75 Å². The zero-order valence-electron chi connectivity index (χ0n) is 16.0. The molecule has 1 aliphatic heterocycles. The Kier molecular flexibility index (Phi) is 7.46. The molecular formula is C19H30N2O4S. The number of carbonyl (C=O) groups is 1. The summed E-state index contributed by atoms with van der Waals surface area (Å²) in [6, 6.07) is 4.64. The SMILES string of the molecule is CCCC(C)NC(=O)c1ccc(OC)c(S(=O)(=O)N2CCCCCC2)c1. The van der Waals surface area contributed by atoms with E-state index in [1.165, 1.54) is 17.5 Å². The van der Waals surface area contributed by atoms with Gasteiger partial charge in [0.15, 0.2) is 0 Å².